The molecule has 0 radical (unpaired) electrons. The van der Waals surface area contributed by atoms with Crippen molar-refractivity contribution in [1.29, 1.82) is 0 Å². The van der Waals surface area contributed by atoms with Crippen LogP contribution in [0.15, 0.2) is 47.4 Å². The van der Waals surface area contributed by atoms with Crippen LogP contribution in [0.1, 0.15) is 36.6 Å². The average molecular weight is 443 g/mol. The van der Waals surface area contributed by atoms with Crippen molar-refractivity contribution in [2.75, 3.05) is 12.0 Å². The molecule has 30 heavy (non-hydrogen) atoms. The summed E-state index contributed by atoms with van der Waals surface area (Å²) < 4.78 is 4.77. The average Bonchev–Trinajstić information content (AvgIpc) is 3.00. The van der Waals surface area contributed by atoms with Crippen LogP contribution in [0.2, 0.25) is 0 Å². The molecular formula is C20H13NO7S2. The Kier molecular flexibility index (Phi) is 5.99. The Balaban J connectivity index is 1.95. The third kappa shape index (κ3) is 4.24. The van der Waals surface area contributed by atoms with Crippen LogP contribution in [0, 0.1) is 0 Å². The first kappa shape index (κ1) is 21.2. The third-order valence-corrected chi connectivity index (χ3v) is 5.40. The van der Waals surface area contributed by atoms with E-state index in [-0.39, 0.29) is 26.0 Å². The first-order valence-corrected chi connectivity index (χ1v) is 9.51. The van der Waals surface area contributed by atoms with E-state index in [1.54, 1.807) is 30.3 Å². The monoisotopic (exact) mass is 443 g/mol. The summed E-state index contributed by atoms with van der Waals surface area (Å²) in [4.78, 5) is 48.4. The van der Waals surface area contributed by atoms with Crippen molar-refractivity contribution in [3.8, 4) is 0 Å². The van der Waals surface area contributed by atoms with Gasteiger partial charge in [0.25, 0.3) is 5.91 Å². The van der Waals surface area contributed by atoms with Gasteiger partial charge in [0.05, 0.1) is 34.4 Å². The number of hydrogen-bond acceptors (Lipinski definition) is 7. The van der Waals surface area contributed by atoms with E-state index in [0.717, 1.165) is 22.7 Å². The number of methoxy groups -OCH3 is 1. The number of carbonyl (C=O) groups is 4. The van der Waals surface area contributed by atoms with Crippen LogP contribution < -0.4 is 4.90 Å². The van der Waals surface area contributed by atoms with E-state index in [0.29, 0.717) is 11.1 Å². The molecule has 0 aromatic heterocycles. The van der Waals surface area contributed by atoms with Crippen molar-refractivity contribution in [2.45, 2.75) is 0 Å². The number of carboxylic acid groups (broad SMARTS) is 2. The molecule has 3 rings (SSSR count). The van der Waals surface area contributed by atoms with Gasteiger partial charge in [-0.3, -0.25) is 9.69 Å². The third-order valence-electron chi connectivity index (χ3n) is 4.09. The Bertz CT molecular complexity index is 1090. The van der Waals surface area contributed by atoms with Crippen LogP contribution in [-0.2, 0) is 9.53 Å². The van der Waals surface area contributed by atoms with Crippen molar-refractivity contribution in [3.05, 3.63) is 69.6 Å². The van der Waals surface area contributed by atoms with Crippen LogP contribution in [0.3, 0.4) is 0 Å². The molecule has 0 saturated carbocycles. The van der Waals surface area contributed by atoms with Crippen molar-refractivity contribution < 1.29 is 34.1 Å². The van der Waals surface area contributed by atoms with Gasteiger partial charge in [-0.15, -0.1) is 0 Å². The highest BCUT2D eigenvalue weighted by atomic mass is 32.2. The van der Waals surface area contributed by atoms with E-state index < -0.39 is 23.8 Å². The second-order valence-electron chi connectivity index (χ2n) is 6.01. The van der Waals surface area contributed by atoms with Gasteiger partial charge >= 0.3 is 17.9 Å². The number of rotatable bonds is 5. The van der Waals surface area contributed by atoms with Gasteiger partial charge in [-0.2, -0.15) is 0 Å². The van der Waals surface area contributed by atoms with E-state index in [1.165, 1.54) is 19.2 Å². The molecule has 2 N–H and O–H groups in total. The summed E-state index contributed by atoms with van der Waals surface area (Å²) in [5, 5.41) is 18.5. The number of nitrogens with zero attached hydrogens (tertiary/aromatic N) is 1. The Morgan fingerprint density at radius 1 is 1.00 bits per heavy atom. The minimum Gasteiger partial charge on any atom is -0.478 e. The van der Waals surface area contributed by atoms with Crippen molar-refractivity contribution in [1.82, 2.24) is 0 Å². The Morgan fingerprint density at radius 2 is 1.57 bits per heavy atom. The number of thiocarbonyl (C=S) groups is 1. The molecule has 1 saturated heterocycles. The van der Waals surface area contributed by atoms with Crippen LogP contribution >= 0.6 is 24.0 Å². The number of esters is 1. The van der Waals surface area contributed by atoms with Crippen molar-refractivity contribution in [2.24, 2.45) is 0 Å². The van der Waals surface area contributed by atoms with Crippen LogP contribution in [-0.4, -0.2) is 45.5 Å². The van der Waals surface area contributed by atoms with Gasteiger partial charge < -0.3 is 14.9 Å². The van der Waals surface area contributed by atoms with Gasteiger partial charge in [-0.05, 0) is 42.0 Å². The first-order valence-electron chi connectivity index (χ1n) is 8.29. The summed E-state index contributed by atoms with van der Waals surface area (Å²) in [6.07, 6.45) is 1.57. The maximum Gasteiger partial charge on any atom is 0.337 e. The summed E-state index contributed by atoms with van der Waals surface area (Å²) in [6.45, 7) is 0. The number of aromatic carboxylic acids is 2. The van der Waals surface area contributed by atoms with Crippen molar-refractivity contribution >= 4 is 63.9 Å². The molecule has 10 heteroatoms. The summed E-state index contributed by atoms with van der Waals surface area (Å²) >= 11 is 6.25. The first-order chi connectivity index (χ1) is 14.2. The lowest BCUT2D eigenvalue weighted by atomic mass is 10.1. The largest absolute Gasteiger partial charge is 0.478 e. The topological polar surface area (TPSA) is 121 Å². The van der Waals surface area contributed by atoms with E-state index in [2.05, 4.69) is 4.74 Å². The summed E-state index contributed by atoms with van der Waals surface area (Å²) in [5.74, 6) is -3.65. The summed E-state index contributed by atoms with van der Waals surface area (Å²) in [5.41, 5.74) is 0.490. The Hall–Kier alpha value is -3.50. The van der Waals surface area contributed by atoms with Gasteiger partial charge in [0, 0.05) is 0 Å². The van der Waals surface area contributed by atoms with Crippen LogP contribution in [0.25, 0.3) is 6.08 Å². The molecule has 0 spiro atoms. The van der Waals surface area contributed by atoms with Crippen molar-refractivity contribution in [3.63, 3.8) is 0 Å². The molecule has 1 amide bonds. The standard InChI is InChI=1S/C20H13NO7S2/c1-28-19(27)11-4-2-10(3-5-11)6-15-16(22)21(20(29)30-15)14-8-12(17(23)24)7-13(9-14)18(25)26/h2-9H,1H3,(H,23,24)(H,25,26)/b15-6-. The zero-order chi connectivity index (χ0) is 22.0. The van der Waals surface area contributed by atoms with E-state index in [4.69, 9.17) is 12.2 Å². The fraction of sp³-hybridized carbons (Fsp3) is 0.0500. The Labute approximate surface area is 179 Å². The number of carboxylic acids is 2. The van der Waals surface area contributed by atoms with Gasteiger partial charge in [-0.1, -0.05) is 36.1 Å². The highest BCUT2D eigenvalue weighted by molar-refractivity contribution is 8.27. The molecule has 1 aliphatic rings. The van der Waals surface area contributed by atoms with E-state index >= 15 is 0 Å². The Morgan fingerprint density at radius 3 is 2.07 bits per heavy atom. The summed E-state index contributed by atoms with van der Waals surface area (Å²) in [6, 6.07) is 9.74. The molecule has 8 nitrogen and oxygen atoms in total. The minimum atomic E-state index is -1.33. The minimum absolute atomic E-state index is 0.0549. The smallest absolute Gasteiger partial charge is 0.337 e. The molecule has 0 bridgehead atoms. The lowest BCUT2D eigenvalue weighted by Crippen LogP contribution is -2.28. The maximum absolute atomic E-state index is 12.9. The predicted octanol–water partition coefficient (Wildman–Crippen LogP) is 3.28. The lowest BCUT2D eigenvalue weighted by Gasteiger charge is -2.16. The number of thioether (sulfide) groups is 1. The number of benzene rings is 2. The molecule has 0 unspecified atom stereocenters. The SMILES string of the molecule is COC(=O)c1ccc(/C=C2\SC(=S)N(c3cc(C(=O)O)cc(C(=O)O)c3)C2=O)cc1. The number of ether oxygens (including phenoxy) is 1. The maximum atomic E-state index is 12.9. The number of anilines is 1. The molecule has 2 aromatic rings. The fourth-order valence-electron chi connectivity index (χ4n) is 2.66. The van der Waals surface area contributed by atoms with E-state index in [9.17, 15) is 29.4 Å². The second-order valence-corrected chi connectivity index (χ2v) is 7.69. The molecular weight excluding hydrogens is 430 g/mol. The molecule has 2 aromatic carbocycles. The van der Waals surface area contributed by atoms with Crippen LogP contribution in [0.4, 0.5) is 5.69 Å². The highest BCUT2D eigenvalue weighted by Crippen LogP contribution is 2.36. The molecule has 152 valence electrons. The lowest BCUT2D eigenvalue weighted by molar-refractivity contribution is -0.113. The molecule has 0 aliphatic carbocycles. The van der Waals surface area contributed by atoms with Gasteiger partial charge in [0.2, 0.25) is 0 Å². The van der Waals surface area contributed by atoms with Crippen LogP contribution in [0.5, 0.6) is 0 Å². The van der Waals surface area contributed by atoms with Gasteiger partial charge in [0.15, 0.2) is 4.32 Å². The highest BCUT2D eigenvalue weighted by Gasteiger charge is 2.34. The normalized spacial score (nSPS) is 14.8. The predicted molar refractivity (Wildman–Crippen MR) is 114 cm³/mol. The second kappa shape index (κ2) is 8.47. The zero-order valence-electron chi connectivity index (χ0n) is 15.3. The molecule has 0 atom stereocenters. The zero-order valence-corrected chi connectivity index (χ0v) is 17.0. The van der Waals surface area contributed by atoms with Gasteiger partial charge in [0.1, 0.15) is 0 Å². The number of amides is 1. The molecule has 1 heterocycles. The molecule has 1 fully saturated rings. The number of hydrogen-bond donors (Lipinski definition) is 2. The molecule has 1 aliphatic heterocycles. The fourth-order valence-corrected chi connectivity index (χ4v) is 3.96. The quantitative estimate of drug-likeness (QED) is 0.407. The van der Waals surface area contributed by atoms with E-state index in [1.807, 2.05) is 0 Å². The number of carbonyl (C=O) groups excluding carboxylic acids is 2. The summed E-state index contributed by atoms with van der Waals surface area (Å²) in [7, 11) is 1.27. The van der Waals surface area contributed by atoms with Gasteiger partial charge in [-0.25, -0.2) is 14.4 Å².